The first-order valence-electron chi connectivity index (χ1n) is 5.79. The average Bonchev–Trinajstić information content (AvgIpc) is 2.22. The highest BCUT2D eigenvalue weighted by molar-refractivity contribution is 5.97. The van der Waals surface area contributed by atoms with E-state index in [0.29, 0.717) is 0 Å². The van der Waals surface area contributed by atoms with Crippen LogP contribution in [-0.4, -0.2) is 34.1 Å². The molecule has 0 saturated carbocycles. The molecular weight excluding hydrogens is 248 g/mol. The molecule has 1 aromatic carbocycles. The maximum atomic E-state index is 11.7. The zero-order chi connectivity index (χ0) is 14.6. The number of hydrogen-bond donors (Lipinski definition) is 4. The van der Waals surface area contributed by atoms with Crippen LogP contribution in [-0.2, 0) is 4.79 Å². The van der Waals surface area contributed by atoms with Gasteiger partial charge in [0.05, 0.1) is 6.54 Å². The van der Waals surface area contributed by atoms with E-state index in [4.69, 9.17) is 0 Å². The second-order valence-electron chi connectivity index (χ2n) is 5.22. The maximum Gasteiger partial charge on any atom is 0.251 e. The minimum absolute atomic E-state index is 0.0843. The van der Waals surface area contributed by atoms with Crippen LogP contribution in [0.1, 0.15) is 31.1 Å². The molecule has 19 heavy (non-hydrogen) atoms. The number of aromatic hydroxyl groups is 2. The van der Waals surface area contributed by atoms with Crippen LogP contribution in [0.15, 0.2) is 18.2 Å². The van der Waals surface area contributed by atoms with Crippen molar-refractivity contribution in [2.24, 2.45) is 0 Å². The van der Waals surface area contributed by atoms with Gasteiger partial charge in [-0.15, -0.1) is 0 Å². The predicted molar refractivity (Wildman–Crippen MR) is 70.0 cm³/mol. The number of amides is 2. The minimum atomic E-state index is -0.546. The summed E-state index contributed by atoms with van der Waals surface area (Å²) in [6.45, 7) is 5.33. The molecule has 0 radical (unpaired) electrons. The third-order valence-corrected chi connectivity index (χ3v) is 2.09. The smallest absolute Gasteiger partial charge is 0.251 e. The van der Waals surface area contributed by atoms with Crippen molar-refractivity contribution >= 4 is 11.8 Å². The Hall–Kier alpha value is -2.24. The third-order valence-electron chi connectivity index (χ3n) is 2.09. The van der Waals surface area contributed by atoms with Crippen molar-refractivity contribution in [3.8, 4) is 11.5 Å². The summed E-state index contributed by atoms with van der Waals surface area (Å²) in [6.07, 6.45) is 0. The first-order chi connectivity index (χ1) is 8.67. The second kappa shape index (κ2) is 5.60. The van der Waals surface area contributed by atoms with Crippen LogP contribution in [0.3, 0.4) is 0 Å². The summed E-state index contributed by atoms with van der Waals surface area (Å²) in [7, 11) is 0. The van der Waals surface area contributed by atoms with E-state index in [0.717, 1.165) is 6.07 Å². The van der Waals surface area contributed by atoms with Crippen molar-refractivity contribution in [2.45, 2.75) is 26.3 Å². The van der Waals surface area contributed by atoms with Crippen LogP contribution in [0.4, 0.5) is 0 Å². The van der Waals surface area contributed by atoms with Gasteiger partial charge in [0.15, 0.2) is 0 Å². The van der Waals surface area contributed by atoms with Crippen molar-refractivity contribution in [3.63, 3.8) is 0 Å². The van der Waals surface area contributed by atoms with Gasteiger partial charge < -0.3 is 20.8 Å². The first-order valence-corrected chi connectivity index (χ1v) is 5.79. The Morgan fingerprint density at radius 1 is 1.11 bits per heavy atom. The molecule has 0 heterocycles. The summed E-state index contributed by atoms with van der Waals surface area (Å²) in [5.41, 5.74) is -0.286. The highest BCUT2D eigenvalue weighted by atomic mass is 16.3. The molecule has 1 aromatic rings. The number of rotatable bonds is 3. The Morgan fingerprint density at radius 3 is 2.11 bits per heavy atom. The van der Waals surface area contributed by atoms with E-state index in [1.165, 1.54) is 12.1 Å². The number of phenolic OH excluding ortho intramolecular Hbond substituents is 2. The molecule has 4 N–H and O–H groups in total. The van der Waals surface area contributed by atoms with Crippen LogP contribution in [0.5, 0.6) is 11.5 Å². The van der Waals surface area contributed by atoms with E-state index in [9.17, 15) is 19.8 Å². The Morgan fingerprint density at radius 2 is 1.63 bits per heavy atom. The molecule has 2 amide bonds. The van der Waals surface area contributed by atoms with E-state index in [-0.39, 0.29) is 35.1 Å². The molecule has 1 rings (SSSR count). The Balaban J connectivity index is 2.58. The monoisotopic (exact) mass is 266 g/mol. The summed E-state index contributed by atoms with van der Waals surface area (Å²) >= 11 is 0. The molecule has 0 spiro atoms. The van der Waals surface area contributed by atoms with E-state index in [2.05, 4.69) is 10.6 Å². The predicted octanol–water partition coefficient (Wildman–Crippen LogP) is 0.742. The fraction of sp³-hybridized carbons (Fsp3) is 0.385. The molecule has 6 nitrogen and oxygen atoms in total. The highest BCUT2D eigenvalue weighted by Gasteiger charge is 2.15. The molecule has 0 aliphatic rings. The highest BCUT2D eigenvalue weighted by Crippen LogP contribution is 2.20. The summed E-state index contributed by atoms with van der Waals surface area (Å²) in [5.74, 6) is -1.30. The van der Waals surface area contributed by atoms with Gasteiger partial charge in [0, 0.05) is 17.2 Å². The summed E-state index contributed by atoms with van der Waals surface area (Å²) in [5, 5.41) is 23.6. The first kappa shape index (κ1) is 14.8. The van der Waals surface area contributed by atoms with E-state index < -0.39 is 5.91 Å². The number of phenols is 2. The molecule has 104 valence electrons. The minimum Gasteiger partial charge on any atom is -0.508 e. The van der Waals surface area contributed by atoms with Gasteiger partial charge in [-0.05, 0) is 32.9 Å². The lowest BCUT2D eigenvalue weighted by Gasteiger charge is -2.20. The van der Waals surface area contributed by atoms with E-state index in [1.54, 1.807) is 0 Å². The summed E-state index contributed by atoms with van der Waals surface area (Å²) < 4.78 is 0. The van der Waals surface area contributed by atoms with Crippen LogP contribution in [0, 0.1) is 0 Å². The molecule has 0 aliphatic carbocycles. The zero-order valence-electron chi connectivity index (χ0n) is 11.2. The lowest BCUT2D eigenvalue weighted by molar-refractivity contribution is -0.121. The maximum absolute atomic E-state index is 11.7. The Labute approximate surface area is 111 Å². The molecule has 6 heteroatoms. The van der Waals surface area contributed by atoms with E-state index in [1.807, 2.05) is 20.8 Å². The van der Waals surface area contributed by atoms with Crippen LogP contribution >= 0.6 is 0 Å². The van der Waals surface area contributed by atoms with Crippen LogP contribution in [0.2, 0.25) is 0 Å². The Bertz CT molecular complexity index is 472. The van der Waals surface area contributed by atoms with Gasteiger partial charge in [0.25, 0.3) is 5.91 Å². The largest absolute Gasteiger partial charge is 0.508 e. The topological polar surface area (TPSA) is 98.7 Å². The van der Waals surface area contributed by atoms with Crippen molar-refractivity contribution in [1.29, 1.82) is 0 Å². The summed E-state index contributed by atoms with van der Waals surface area (Å²) in [4.78, 5) is 23.2. The molecule has 0 fully saturated rings. The number of carbonyl (C=O) groups is 2. The molecule has 0 bridgehead atoms. The lowest BCUT2D eigenvalue weighted by Crippen LogP contribution is -2.45. The van der Waals surface area contributed by atoms with Gasteiger partial charge in [-0.3, -0.25) is 9.59 Å². The molecule has 0 saturated heterocycles. The SMILES string of the molecule is CC(C)(C)NC(=O)CNC(=O)c1cc(O)cc(O)c1. The van der Waals surface area contributed by atoms with Crippen molar-refractivity contribution < 1.29 is 19.8 Å². The number of benzene rings is 1. The van der Waals surface area contributed by atoms with Crippen molar-refractivity contribution in [1.82, 2.24) is 10.6 Å². The third kappa shape index (κ3) is 5.29. The van der Waals surface area contributed by atoms with Gasteiger partial charge in [-0.25, -0.2) is 0 Å². The molecule has 0 unspecified atom stereocenters. The molecular formula is C13H18N2O4. The quantitative estimate of drug-likeness (QED) is 0.648. The number of hydrogen-bond acceptors (Lipinski definition) is 4. The van der Waals surface area contributed by atoms with E-state index >= 15 is 0 Å². The van der Waals surface area contributed by atoms with Gasteiger partial charge in [0.2, 0.25) is 5.91 Å². The number of carbonyl (C=O) groups excluding carboxylic acids is 2. The van der Waals surface area contributed by atoms with Gasteiger partial charge in [0.1, 0.15) is 11.5 Å². The standard InChI is InChI=1S/C13H18N2O4/c1-13(2,3)15-11(18)7-14-12(19)8-4-9(16)6-10(17)5-8/h4-6,16-17H,7H2,1-3H3,(H,14,19)(H,15,18). The van der Waals surface area contributed by atoms with Crippen molar-refractivity contribution in [2.75, 3.05) is 6.54 Å². The summed E-state index contributed by atoms with van der Waals surface area (Å²) in [6, 6.07) is 3.52. The molecule has 0 atom stereocenters. The van der Waals surface area contributed by atoms with Gasteiger partial charge in [-0.1, -0.05) is 0 Å². The second-order valence-corrected chi connectivity index (χ2v) is 5.22. The molecule has 0 aliphatic heterocycles. The van der Waals surface area contributed by atoms with Crippen LogP contribution < -0.4 is 10.6 Å². The van der Waals surface area contributed by atoms with Gasteiger partial charge >= 0.3 is 0 Å². The van der Waals surface area contributed by atoms with Gasteiger partial charge in [-0.2, -0.15) is 0 Å². The number of nitrogens with one attached hydrogen (secondary N) is 2. The van der Waals surface area contributed by atoms with Crippen LogP contribution in [0.25, 0.3) is 0 Å². The fourth-order valence-corrected chi connectivity index (χ4v) is 1.45. The average molecular weight is 266 g/mol. The lowest BCUT2D eigenvalue weighted by atomic mass is 10.1. The Kier molecular flexibility index (Phi) is 4.37. The van der Waals surface area contributed by atoms with Crippen molar-refractivity contribution in [3.05, 3.63) is 23.8 Å². The molecule has 0 aromatic heterocycles. The normalized spacial score (nSPS) is 10.9. The zero-order valence-corrected chi connectivity index (χ0v) is 11.2. The fourth-order valence-electron chi connectivity index (χ4n) is 1.45.